The van der Waals surface area contributed by atoms with Crippen molar-refractivity contribution in [2.75, 3.05) is 25.1 Å². The number of halogens is 1. The van der Waals surface area contributed by atoms with Gasteiger partial charge in [-0.15, -0.1) is 0 Å². The quantitative estimate of drug-likeness (QED) is 0.886. The fourth-order valence-corrected chi connectivity index (χ4v) is 2.22. The van der Waals surface area contributed by atoms with E-state index in [-0.39, 0.29) is 18.4 Å². The molecule has 0 bridgehead atoms. The highest BCUT2D eigenvalue weighted by Gasteiger charge is 2.12. The molecule has 1 N–H and O–H groups in total. The van der Waals surface area contributed by atoms with Gasteiger partial charge in [-0.3, -0.25) is 9.59 Å². The highest BCUT2D eigenvalue weighted by molar-refractivity contribution is 5.94. The lowest BCUT2D eigenvalue weighted by molar-refractivity contribution is -0.116. The Balaban J connectivity index is 1.95. The number of rotatable bonds is 6. The largest absolute Gasteiger partial charge is 0.497 e. The zero-order chi connectivity index (χ0) is 17.5. The summed E-state index contributed by atoms with van der Waals surface area (Å²) < 4.78 is 17.9. The lowest BCUT2D eigenvalue weighted by atomic mass is 10.2. The van der Waals surface area contributed by atoms with Crippen molar-refractivity contribution in [1.29, 1.82) is 0 Å². The van der Waals surface area contributed by atoms with Gasteiger partial charge in [0.1, 0.15) is 11.6 Å². The van der Waals surface area contributed by atoms with Gasteiger partial charge in [-0.25, -0.2) is 4.39 Å². The smallest absolute Gasteiger partial charge is 0.251 e. The highest BCUT2D eigenvalue weighted by atomic mass is 19.1. The summed E-state index contributed by atoms with van der Waals surface area (Å²) in [6.45, 7) is 2.07. The summed E-state index contributed by atoms with van der Waals surface area (Å²) in [5, 5.41) is 2.72. The van der Waals surface area contributed by atoms with Crippen molar-refractivity contribution in [3.05, 3.63) is 59.9 Å². The van der Waals surface area contributed by atoms with Gasteiger partial charge in [-0.2, -0.15) is 0 Å². The van der Waals surface area contributed by atoms with Gasteiger partial charge in [0.2, 0.25) is 5.91 Å². The first-order valence-electron chi connectivity index (χ1n) is 7.47. The second kappa shape index (κ2) is 8.10. The van der Waals surface area contributed by atoms with E-state index in [1.807, 2.05) is 0 Å². The first-order chi connectivity index (χ1) is 11.5. The number of nitrogens with one attached hydrogen (secondary N) is 1. The van der Waals surface area contributed by atoms with E-state index in [9.17, 15) is 14.0 Å². The molecule has 0 aliphatic rings. The minimum atomic E-state index is -0.395. The first kappa shape index (κ1) is 17.5. The standard InChI is InChI=1S/C18H19FN2O3/c1-13(22)21(16-7-9-17(24-2)10-8-16)12-11-20-18(23)14-3-5-15(19)6-4-14/h3-10H,11-12H2,1-2H3,(H,20,23). The second-order valence-electron chi connectivity index (χ2n) is 5.13. The maximum atomic E-state index is 12.9. The molecule has 0 spiro atoms. The fourth-order valence-electron chi connectivity index (χ4n) is 2.22. The Morgan fingerprint density at radius 2 is 1.71 bits per heavy atom. The Morgan fingerprint density at radius 3 is 2.25 bits per heavy atom. The van der Waals surface area contributed by atoms with Crippen molar-refractivity contribution >= 4 is 17.5 Å². The summed E-state index contributed by atoms with van der Waals surface area (Å²) in [4.78, 5) is 25.4. The lowest BCUT2D eigenvalue weighted by Gasteiger charge is -2.21. The van der Waals surface area contributed by atoms with Crippen LogP contribution >= 0.6 is 0 Å². The van der Waals surface area contributed by atoms with Crippen molar-refractivity contribution in [1.82, 2.24) is 5.32 Å². The maximum Gasteiger partial charge on any atom is 0.251 e. The molecule has 2 aromatic carbocycles. The third-order valence-electron chi connectivity index (χ3n) is 3.49. The zero-order valence-corrected chi connectivity index (χ0v) is 13.6. The molecule has 24 heavy (non-hydrogen) atoms. The lowest BCUT2D eigenvalue weighted by Crippen LogP contribution is -2.37. The molecule has 0 atom stereocenters. The number of amides is 2. The Hall–Kier alpha value is -2.89. The molecule has 0 fully saturated rings. The van der Waals surface area contributed by atoms with Crippen LogP contribution in [0.2, 0.25) is 0 Å². The average molecular weight is 330 g/mol. The van der Waals surface area contributed by atoms with Gasteiger partial charge < -0.3 is 15.0 Å². The number of methoxy groups -OCH3 is 1. The molecule has 2 amide bonds. The van der Waals surface area contributed by atoms with E-state index in [2.05, 4.69) is 5.32 Å². The fraction of sp³-hybridized carbons (Fsp3) is 0.222. The molecule has 0 aromatic heterocycles. The molecule has 0 saturated carbocycles. The summed E-state index contributed by atoms with van der Waals surface area (Å²) in [5.41, 5.74) is 1.09. The number of anilines is 1. The zero-order valence-electron chi connectivity index (χ0n) is 13.6. The molecule has 126 valence electrons. The van der Waals surface area contributed by atoms with Crippen LogP contribution in [0.15, 0.2) is 48.5 Å². The predicted octanol–water partition coefficient (Wildman–Crippen LogP) is 2.62. The Morgan fingerprint density at radius 1 is 1.08 bits per heavy atom. The van der Waals surface area contributed by atoms with Crippen LogP contribution in [0.1, 0.15) is 17.3 Å². The van der Waals surface area contributed by atoms with E-state index in [0.717, 1.165) is 5.69 Å². The topological polar surface area (TPSA) is 58.6 Å². The van der Waals surface area contributed by atoms with Gasteiger partial charge in [0.05, 0.1) is 7.11 Å². The number of carbonyl (C=O) groups excluding carboxylic acids is 2. The number of hydrogen-bond acceptors (Lipinski definition) is 3. The van der Waals surface area contributed by atoms with Crippen LogP contribution in [-0.2, 0) is 4.79 Å². The van der Waals surface area contributed by atoms with E-state index in [4.69, 9.17) is 4.74 Å². The number of benzene rings is 2. The monoisotopic (exact) mass is 330 g/mol. The van der Waals surface area contributed by atoms with Crippen LogP contribution in [0.3, 0.4) is 0 Å². The minimum absolute atomic E-state index is 0.129. The maximum absolute atomic E-state index is 12.9. The van der Waals surface area contributed by atoms with Crippen LogP contribution in [0.25, 0.3) is 0 Å². The Bertz CT molecular complexity index is 699. The van der Waals surface area contributed by atoms with Crippen LogP contribution < -0.4 is 15.0 Å². The molecule has 0 radical (unpaired) electrons. The number of carbonyl (C=O) groups is 2. The van der Waals surface area contributed by atoms with Crippen molar-refractivity contribution in [3.63, 3.8) is 0 Å². The van der Waals surface area contributed by atoms with Gasteiger partial charge in [-0.1, -0.05) is 0 Å². The minimum Gasteiger partial charge on any atom is -0.497 e. The number of nitrogens with zero attached hydrogens (tertiary/aromatic N) is 1. The second-order valence-corrected chi connectivity index (χ2v) is 5.13. The summed E-state index contributed by atoms with van der Waals surface area (Å²) in [6, 6.07) is 12.4. The van der Waals surface area contributed by atoms with Crippen molar-refractivity contribution < 1.29 is 18.7 Å². The number of hydrogen-bond donors (Lipinski definition) is 1. The molecule has 6 heteroatoms. The molecule has 0 unspecified atom stereocenters. The van der Waals surface area contributed by atoms with E-state index in [0.29, 0.717) is 17.9 Å². The van der Waals surface area contributed by atoms with Crippen molar-refractivity contribution in [2.45, 2.75) is 6.92 Å². The number of ether oxygens (including phenoxy) is 1. The van der Waals surface area contributed by atoms with Crippen LogP contribution in [0.4, 0.5) is 10.1 Å². The molecule has 0 saturated heterocycles. The summed E-state index contributed by atoms with van der Waals surface area (Å²) in [5.74, 6) is -0.134. The molecule has 5 nitrogen and oxygen atoms in total. The van der Waals surface area contributed by atoms with Crippen molar-refractivity contribution in [2.24, 2.45) is 0 Å². The highest BCUT2D eigenvalue weighted by Crippen LogP contribution is 2.19. The SMILES string of the molecule is COc1ccc(N(CCNC(=O)c2ccc(F)cc2)C(C)=O)cc1. The normalized spacial score (nSPS) is 10.1. The third-order valence-corrected chi connectivity index (χ3v) is 3.49. The predicted molar refractivity (Wildman–Crippen MR) is 89.8 cm³/mol. The van der Waals surface area contributed by atoms with Crippen molar-refractivity contribution in [3.8, 4) is 5.75 Å². The Labute approximate surface area is 140 Å². The van der Waals surface area contributed by atoms with Crippen LogP contribution in [0, 0.1) is 5.82 Å². The van der Waals surface area contributed by atoms with E-state index in [1.54, 1.807) is 36.3 Å². The van der Waals surface area contributed by atoms with Gasteiger partial charge in [0.25, 0.3) is 5.91 Å². The molecule has 2 rings (SSSR count). The van der Waals surface area contributed by atoms with E-state index < -0.39 is 5.82 Å². The summed E-state index contributed by atoms with van der Waals surface area (Å²) in [6.07, 6.45) is 0. The van der Waals surface area contributed by atoms with Gasteiger partial charge >= 0.3 is 0 Å². The molecular formula is C18H19FN2O3. The summed E-state index contributed by atoms with van der Waals surface area (Å²) in [7, 11) is 1.57. The van der Waals surface area contributed by atoms with Gasteiger partial charge in [-0.05, 0) is 48.5 Å². The van der Waals surface area contributed by atoms with E-state index in [1.165, 1.54) is 31.2 Å². The van der Waals surface area contributed by atoms with Gasteiger partial charge in [0, 0.05) is 31.3 Å². The molecule has 0 heterocycles. The van der Waals surface area contributed by atoms with Gasteiger partial charge in [0.15, 0.2) is 0 Å². The van der Waals surface area contributed by atoms with E-state index >= 15 is 0 Å². The molecule has 0 aliphatic carbocycles. The average Bonchev–Trinajstić information content (AvgIpc) is 2.59. The molecular weight excluding hydrogens is 311 g/mol. The third kappa shape index (κ3) is 4.55. The molecule has 2 aromatic rings. The van der Waals surface area contributed by atoms with Crippen LogP contribution in [0.5, 0.6) is 5.75 Å². The first-order valence-corrected chi connectivity index (χ1v) is 7.47. The Kier molecular flexibility index (Phi) is 5.89. The summed E-state index contributed by atoms with van der Waals surface area (Å²) >= 11 is 0. The molecule has 0 aliphatic heterocycles. The van der Waals surface area contributed by atoms with Crippen LogP contribution in [-0.4, -0.2) is 32.0 Å².